The van der Waals surface area contributed by atoms with Gasteiger partial charge in [0.2, 0.25) is 5.88 Å². The van der Waals surface area contributed by atoms with E-state index in [1.807, 2.05) is 0 Å². The Hall–Kier alpha value is -2.11. The predicted molar refractivity (Wildman–Crippen MR) is 51.2 cm³/mol. The Morgan fingerprint density at radius 1 is 1.60 bits per heavy atom. The first-order valence-corrected chi connectivity index (χ1v) is 4.25. The molecule has 0 aliphatic heterocycles. The van der Waals surface area contributed by atoms with Crippen LogP contribution in [0.4, 0.5) is 0 Å². The molecule has 0 bridgehead atoms. The van der Waals surface area contributed by atoms with E-state index >= 15 is 0 Å². The van der Waals surface area contributed by atoms with E-state index in [2.05, 4.69) is 10.1 Å². The SMILES string of the molecule is COc1ncnn2cc(C(=O)O)c(C)c12. The molecular weight excluding hydrogens is 198 g/mol. The predicted octanol–water partition coefficient (Wildman–Crippen LogP) is 0.745. The number of carbonyl (C=O) groups is 1. The number of nitrogens with zero attached hydrogens (tertiary/aromatic N) is 3. The zero-order chi connectivity index (χ0) is 11.0. The van der Waals surface area contributed by atoms with Crippen molar-refractivity contribution in [3.63, 3.8) is 0 Å². The van der Waals surface area contributed by atoms with Gasteiger partial charge >= 0.3 is 5.97 Å². The number of ether oxygens (including phenoxy) is 1. The number of fused-ring (bicyclic) bond motifs is 1. The van der Waals surface area contributed by atoms with Gasteiger partial charge in [-0.25, -0.2) is 9.31 Å². The number of rotatable bonds is 2. The molecule has 0 aromatic carbocycles. The maximum atomic E-state index is 10.9. The van der Waals surface area contributed by atoms with Crippen molar-refractivity contribution in [1.82, 2.24) is 14.6 Å². The van der Waals surface area contributed by atoms with E-state index in [-0.39, 0.29) is 5.56 Å². The first-order valence-electron chi connectivity index (χ1n) is 4.25. The van der Waals surface area contributed by atoms with Gasteiger partial charge in [-0.05, 0) is 12.5 Å². The summed E-state index contributed by atoms with van der Waals surface area (Å²) in [5.41, 5.74) is 1.38. The first-order chi connectivity index (χ1) is 7.15. The second-order valence-electron chi connectivity index (χ2n) is 3.04. The van der Waals surface area contributed by atoms with Gasteiger partial charge in [0.1, 0.15) is 11.8 Å². The smallest absolute Gasteiger partial charge is 0.337 e. The molecule has 2 aromatic rings. The van der Waals surface area contributed by atoms with Gasteiger partial charge < -0.3 is 9.84 Å². The molecule has 0 amide bonds. The zero-order valence-electron chi connectivity index (χ0n) is 8.26. The molecule has 2 rings (SSSR count). The Balaban J connectivity index is 2.82. The molecular formula is C9H9N3O3. The topological polar surface area (TPSA) is 76.7 Å². The van der Waals surface area contributed by atoms with Crippen LogP contribution in [0.5, 0.6) is 5.88 Å². The molecule has 0 saturated carbocycles. The van der Waals surface area contributed by atoms with Crippen molar-refractivity contribution in [2.45, 2.75) is 6.92 Å². The Bertz CT molecular complexity index is 533. The van der Waals surface area contributed by atoms with Gasteiger partial charge in [-0.2, -0.15) is 10.1 Å². The number of aromatic carboxylic acids is 1. The second kappa shape index (κ2) is 3.23. The van der Waals surface area contributed by atoms with Crippen molar-refractivity contribution in [2.75, 3.05) is 7.11 Å². The second-order valence-corrected chi connectivity index (χ2v) is 3.04. The third-order valence-corrected chi connectivity index (χ3v) is 2.22. The van der Waals surface area contributed by atoms with Crippen molar-refractivity contribution < 1.29 is 14.6 Å². The van der Waals surface area contributed by atoms with Crippen LogP contribution in [0.25, 0.3) is 5.52 Å². The van der Waals surface area contributed by atoms with Crippen LogP contribution in [0.1, 0.15) is 15.9 Å². The Kier molecular flexibility index (Phi) is 2.03. The van der Waals surface area contributed by atoms with Crippen LogP contribution in [-0.4, -0.2) is 32.8 Å². The van der Waals surface area contributed by atoms with Gasteiger partial charge in [-0.1, -0.05) is 0 Å². The molecule has 0 radical (unpaired) electrons. The monoisotopic (exact) mass is 207 g/mol. The summed E-state index contributed by atoms with van der Waals surface area (Å²) in [7, 11) is 1.48. The summed E-state index contributed by atoms with van der Waals surface area (Å²) < 4.78 is 6.49. The van der Waals surface area contributed by atoms with Crippen molar-refractivity contribution >= 4 is 11.5 Å². The summed E-state index contributed by atoms with van der Waals surface area (Å²) in [6, 6.07) is 0. The van der Waals surface area contributed by atoms with E-state index in [9.17, 15) is 4.79 Å². The van der Waals surface area contributed by atoms with Crippen LogP contribution in [0.15, 0.2) is 12.5 Å². The minimum absolute atomic E-state index is 0.203. The maximum absolute atomic E-state index is 10.9. The largest absolute Gasteiger partial charge is 0.479 e. The normalized spacial score (nSPS) is 10.5. The fourth-order valence-corrected chi connectivity index (χ4v) is 1.49. The lowest BCUT2D eigenvalue weighted by atomic mass is 10.2. The van der Waals surface area contributed by atoms with Crippen molar-refractivity contribution in [2.24, 2.45) is 0 Å². The summed E-state index contributed by atoms with van der Waals surface area (Å²) in [5.74, 6) is -0.616. The first kappa shape index (κ1) is 9.45. The lowest BCUT2D eigenvalue weighted by Crippen LogP contribution is -1.96. The molecule has 0 saturated heterocycles. The summed E-state index contributed by atoms with van der Waals surface area (Å²) in [4.78, 5) is 14.8. The van der Waals surface area contributed by atoms with Gasteiger partial charge in [0, 0.05) is 6.20 Å². The van der Waals surface area contributed by atoms with Crippen LogP contribution >= 0.6 is 0 Å². The van der Waals surface area contributed by atoms with E-state index in [1.54, 1.807) is 6.92 Å². The van der Waals surface area contributed by atoms with E-state index in [0.717, 1.165) is 0 Å². The van der Waals surface area contributed by atoms with Gasteiger partial charge in [-0.3, -0.25) is 0 Å². The molecule has 0 aliphatic rings. The summed E-state index contributed by atoms with van der Waals surface area (Å²) in [6.07, 6.45) is 2.76. The summed E-state index contributed by atoms with van der Waals surface area (Å²) in [5, 5.41) is 12.8. The number of aromatic nitrogens is 3. The molecule has 2 aromatic heterocycles. The molecule has 6 heteroatoms. The van der Waals surface area contributed by atoms with Crippen LogP contribution in [0.3, 0.4) is 0 Å². The Morgan fingerprint density at radius 2 is 2.33 bits per heavy atom. The standard InChI is InChI=1S/C9H9N3O3/c1-5-6(9(13)14)3-12-7(5)8(15-2)10-4-11-12/h3-4H,1-2H3,(H,13,14). The molecule has 78 valence electrons. The van der Waals surface area contributed by atoms with Gasteiger partial charge in [0.05, 0.1) is 12.7 Å². The summed E-state index contributed by atoms with van der Waals surface area (Å²) in [6.45, 7) is 1.70. The molecule has 15 heavy (non-hydrogen) atoms. The highest BCUT2D eigenvalue weighted by molar-refractivity contribution is 5.92. The molecule has 0 unspecified atom stereocenters. The lowest BCUT2D eigenvalue weighted by Gasteiger charge is -2.00. The molecule has 0 aliphatic carbocycles. The van der Waals surface area contributed by atoms with E-state index < -0.39 is 5.97 Å². The third-order valence-electron chi connectivity index (χ3n) is 2.22. The van der Waals surface area contributed by atoms with Crippen LogP contribution in [0, 0.1) is 6.92 Å². The number of carboxylic acid groups (broad SMARTS) is 1. The highest BCUT2D eigenvalue weighted by Crippen LogP contribution is 2.23. The molecule has 0 spiro atoms. The fraction of sp³-hybridized carbons (Fsp3) is 0.222. The van der Waals surface area contributed by atoms with E-state index in [1.165, 1.54) is 24.1 Å². The van der Waals surface area contributed by atoms with Crippen LogP contribution in [-0.2, 0) is 0 Å². The summed E-state index contributed by atoms with van der Waals surface area (Å²) >= 11 is 0. The molecule has 1 N–H and O–H groups in total. The van der Waals surface area contributed by atoms with Crippen molar-refractivity contribution in [3.05, 3.63) is 23.7 Å². The Labute approximate surface area is 85.1 Å². The van der Waals surface area contributed by atoms with Gasteiger partial charge in [0.15, 0.2) is 0 Å². The quantitative estimate of drug-likeness (QED) is 0.786. The number of aryl methyl sites for hydroxylation is 1. The third kappa shape index (κ3) is 1.30. The van der Waals surface area contributed by atoms with Crippen molar-refractivity contribution in [1.29, 1.82) is 0 Å². The highest BCUT2D eigenvalue weighted by Gasteiger charge is 2.16. The van der Waals surface area contributed by atoms with Crippen LogP contribution in [0.2, 0.25) is 0 Å². The molecule has 2 heterocycles. The number of hydrogen-bond donors (Lipinski definition) is 1. The van der Waals surface area contributed by atoms with Gasteiger partial charge in [0.25, 0.3) is 0 Å². The zero-order valence-corrected chi connectivity index (χ0v) is 8.26. The number of hydrogen-bond acceptors (Lipinski definition) is 4. The van der Waals surface area contributed by atoms with Crippen LogP contribution < -0.4 is 4.74 Å². The Morgan fingerprint density at radius 3 is 2.93 bits per heavy atom. The van der Waals surface area contributed by atoms with Gasteiger partial charge in [-0.15, -0.1) is 0 Å². The fourth-order valence-electron chi connectivity index (χ4n) is 1.49. The maximum Gasteiger partial charge on any atom is 0.337 e. The lowest BCUT2D eigenvalue weighted by molar-refractivity contribution is 0.0696. The minimum atomic E-state index is -0.986. The van der Waals surface area contributed by atoms with Crippen molar-refractivity contribution in [3.8, 4) is 5.88 Å². The van der Waals surface area contributed by atoms with E-state index in [0.29, 0.717) is 17.0 Å². The molecule has 6 nitrogen and oxygen atoms in total. The number of carboxylic acids is 1. The highest BCUT2D eigenvalue weighted by atomic mass is 16.5. The molecule has 0 atom stereocenters. The average molecular weight is 207 g/mol. The average Bonchev–Trinajstić information content (AvgIpc) is 2.56. The van der Waals surface area contributed by atoms with E-state index in [4.69, 9.17) is 9.84 Å². The number of methoxy groups -OCH3 is 1. The minimum Gasteiger partial charge on any atom is -0.479 e. The molecule has 0 fully saturated rings.